The summed E-state index contributed by atoms with van der Waals surface area (Å²) in [6, 6.07) is 33.3. The fourth-order valence-electron chi connectivity index (χ4n) is 11.3. The molecule has 0 spiro atoms. The third-order valence-corrected chi connectivity index (χ3v) is 14.9. The van der Waals surface area contributed by atoms with Gasteiger partial charge in [-0.3, -0.25) is 4.79 Å². The zero-order chi connectivity index (χ0) is 46.0. The summed E-state index contributed by atoms with van der Waals surface area (Å²) in [5.41, 5.74) is 6.61. The van der Waals surface area contributed by atoms with Gasteiger partial charge in [-0.1, -0.05) is 109 Å². The average molecular weight is 891 g/mol. The molecule has 0 amide bonds. The van der Waals surface area contributed by atoms with Gasteiger partial charge < -0.3 is 28.5 Å². The number of aliphatic hydroxyl groups is 1. The molecular weight excluding hydrogens is 829 g/mol. The molecule has 2 aliphatic carbocycles. The Morgan fingerprint density at radius 3 is 2.36 bits per heavy atom. The number of rotatable bonds is 9. The first-order valence-corrected chi connectivity index (χ1v) is 23.9. The number of hydrogen-bond donors (Lipinski definition) is 1. The highest BCUT2D eigenvalue weighted by Gasteiger charge is 2.57. The first kappa shape index (κ1) is 45.4. The van der Waals surface area contributed by atoms with E-state index in [1.165, 1.54) is 16.7 Å². The molecular formula is C57H62O9. The molecule has 5 aromatic rings. The van der Waals surface area contributed by atoms with Crippen LogP contribution in [-0.2, 0) is 36.6 Å². The molecule has 4 heterocycles. The van der Waals surface area contributed by atoms with Crippen molar-refractivity contribution in [3.05, 3.63) is 170 Å². The van der Waals surface area contributed by atoms with Crippen LogP contribution in [0, 0.1) is 11.8 Å². The zero-order valence-electron chi connectivity index (χ0n) is 38.6. The second-order valence-electron chi connectivity index (χ2n) is 19.4. The molecule has 9 heteroatoms. The summed E-state index contributed by atoms with van der Waals surface area (Å²) in [5, 5.41) is 10.5. The molecule has 5 aliphatic rings. The molecule has 3 aliphatic heterocycles. The highest BCUT2D eigenvalue weighted by Crippen LogP contribution is 2.53. The predicted octanol–water partition coefficient (Wildman–Crippen LogP) is 11.1. The van der Waals surface area contributed by atoms with Gasteiger partial charge in [-0.25, -0.2) is 9.59 Å². The maximum absolute atomic E-state index is 15.1. The SMILES string of the molecule is COCC(CCO)c1cc2ccc3c(c2oc1=O)C1OC(=O)CC2CC(c4cccc(Cc5ccccc5)c4)C=CC2c2ccc(cc2)CCC(=C(C)C)C(=O)OC1C(C)(C1CCCC1)O3. The van der Waals surface area contributed by atoms with E-state index in [1.54, 1.807) is 13.2 Å². The summed E-state index contributed by atoms with van der Waals surface area (Å²) in [7, 11) is 1.56. The molecule has 1 aromatic heterocycles. The summed E-state index contributed by atoms with van der Waals surface area (Å²) < 4.78 is 32.3. The third kappa shape index (κ3) is 9.30. The molecule has 2 bridgehead atoms. The molecule has 7 atom stereocenters. The van der Waals surface area contributed by atoms with Crippen LogP contribution in [0.3, 0.4) is 0 Å². The normalized spacial score (nSPS) is 25.0. The number of aliphatic hydroxyl groups excluding tert-OH is 1. The lowest BCUT2D eigenvalue weighted by Gasteiger charge is -2.48. The van der Waals surface area contributed by atoms with Crippen LogP contribution in [0.5, 0.6) is 5.75 Å². The van der Waals surface area contributed by atoms with Crippen LogP contribution < -0.4 is 10.4 Å². The molecule has 4 aromatic carbocycles. The molecule has 66 heavy (non-hydrogen) atoms. The van der Waals surface area contributed by atoms with Gasteiger partial charge >= 0.3 is 17.6 Å². The molecule has 10 rings (SSSR count). The van der Waals surface area contributed by atoms with Gasteiger partial charge in [0.15, 0.2) is 12.2 Å². The van der Waals surface area contributed by atoms with Crippen molar-refractivity contribution in [1.82, 2.24) is 0 Å². The van der Waals surface area contributed by atoms with Gasteiger partial charge in [-0.15, -0.1) is 0 Å². The number of carbonyl (C=O) groups excluding carboxylic acids is 2. The van der Waals surface area contributed by atoms with Crippen molar-refractivity contribution in [2.24, 2.45) is 11.8 Å². The quantitative estimate of drug-likeness (QED) is 0.0667. The second kappa shape index (κ2) is 19.6. The Morgan fingerprint density at radius 2 is 1.62 bits per heavy atom. The number of benzene rings is 4. The van der Waals surface area contributed by atoms with Crippen LogP contribution >= 0.6 is 0 Å². The minimum absolute atomic E-state index is 0.00648. The Hall–Kier alpha value is -5.77. The number of aryl methyl sites for hydroxylation is 1. The minimum Gasteiger partial charge on any atom is -0.483 e. The van der Waals surface area contributed by atoms with Crippen LogP contribution in [0.4, 0.5) is 0 Å². The first-order valence-electron chi connectivity index (χ1n) is 23.9. The maximum Gasteiger partial charge on any atom is 0.339 e. The van der Waals surface area contributed by atoms with Crippen LogP contribution in [0.15, 0.2) is 130 Å². The monoisotopic (exact) mass is 890 g/mol. The van der Waals surface area contributed by atoms with Gasteiger partial charge in [-0.2, -0.15) is 0 Å². The summed E-state index contributed by atoms with van der Waals surface area (Å²) in [4.78, 5) is 43.8. The van der Waals surface area contributed by atoms with E-state index in [4.69, 9.17) is 23.4 Å². The highest BCUT2D eigenvalue weighted by molar-refractivity contribution is 5.90. The van der Waals surface area contributed by atoms with Crippen molar-refractivity contribution >= 4 is 22.9 Å². The zero-order valence-corrected chi connectivity index (χ0v) is 38.6. The van der Waals surface area contributed by atoms with E-state index in [0.29, 0.717) is 47.1 Å². The minimum atomic E-state index is -1.16. The number of esters is 2. The molecule has 1 fully saturated rings. The number of fused-ring (bicyclic) bond motifs is 11. The van der Waals surface area contributed by atoms with Gasteiger partial charge in [0.2, 0.25) is 0 Å². The molecule has 1 saturated carbocycles. The Bertz CT molecular complexity index is 2660. The number of carbonyl (C=O) groups is 2. The van der Waals surface area contributed by atoms with Crippen molar-refractivity contribution in [3.63, 3.8) is 0 Å². The molecule has 9 nitrogen and oxygen atoms in total. The number of ether oxygens (including phenoxy) is 4. The lowest BCUT2D eigenvalue weighted by Crippen LogP contribution is -2.58. The summed E-state index contributed by atoms with van der Waals surface area (Å²) in [6.07, 6.45) is 9.11. The van der Waals surface area contributed by atoms with Gasteiger partial charge in [0.25, 0.3) is 0 Å². The van der Waals surface area contributed by atoms with E-state index in [1.807, 2.05) is 39.0 Å². The summed E-state index contributed by atoms with van der Waals surface area (Å²) >= 11 is 0. The molecule has 0 saturated heterocycles. The van der Waals surface area contributed by atoms with E-state index >= 15 is 4.79 Å². The summed E-state index contributed by atoms with van der Waals surface area (Å²) in [6.45, 7) is 5.92. The largest absolute Gasteiger partial charge is 0.483 e. The lowest BCUT2D eigenvalue weighted by molar-refractivity contribution is -0.199. The van der Waals surface area contributed by atoms with E-state index in [9.17, 15) is 14.7 Å². The Labute approximate surface area is 387 Å². The van der Waals surface area contributed by atoms with E-state index in [2.05, 4.69) is 84.9 Å². The van der Waals surface area contributed by atoms with Crippen molar-refractivity contribution in [1.29, 1.82) is 0 Å². The second-order valence-corrected chi connectivity index (χ2v) is 19.4. The Kier molecular flexibility index (Phi) is 13.5. The van der Waals surface area contributed by atoms with Gasteiger partial charge in [0.1, 0.15) is 16.9 Å². The average Bonchev–Trinajstić information content (AvgIpc) is 3.87. The molecule has 0 radical (unpaired) electrons. The molecule has 7 unspecified atom stereocenters. The van der Waals surface area contributed by atoms with Crippen molar-refractivity contribution in [2.45, 2.75) is 121 Å². The fraction of sp³-hybridized carbons (Fsp3) is 0.421. The van der Waals surface area contributed by atoms with Crippen LogP contribution in [0.25, 0.3) is 11.0 Å². The predicted molar refractivity (Wildman–Crippen MR) is 255 cm³/mol. The molecule has 344 valence electrons. The van der Waals surface area contributed by atoms with Crippen molar-refractivity contribution in [2.75, 3.05) is 20.3 Å². The lowest BCUT2D eigenvalue weighted by atomic mass is 9.72. The highest BCUT2D eigenvalue weighted by atomic mass is 16.6. The standard InChI is InChI=1S/C57H62O9/c1-35(2)46-24-19-36-17-20-39(21-18-36)47-25-22-41(40-14-10-13-38(30-40)29-37-11-6-5-7-12-37)31-44(47)33-50(59)63-53-51-49(66-57(3,45-15-8-9-16-45)54(53)65-55(46)60)26-23-42-32-48(56(61)64-52(42)51)43(27-28-58)34-62-4/h5-7,10-14,17-18,20-23,25-26,30,32,41,43-45,47,53-54,58H,8-9,15-16,19,24,27-29,31,33-34H2,1-4H3. The molecule has 1 N–H and O–H groups in total. The van der Waals surface area contributed by atoms with Crippen LogP contribution in [-0.4, -0.2) is 49.1 Å². The van der Waals surface area contributed by atoms with Crippen molar-refractivity contribution in [3.8, 4) is 5.75 Å². The van der Waals surface area contributed by atoms with Crippen LogP contribution in [0.2, 0.25) is 0 Å². The Morgan fingerprint density at radius 1 is 0.848 bits per heavy atom. The van der Waals surface area contributed by atoms with Crippen molar-refractivity contribution < 1.29 is 38.1 Å². The van der Waals surface area contributed by atoms with Crippen LogP contribution in [0.1, 0.15) is 135 Å². The van der Waals surface area contributed by atoms with Gasteiger partial charge in [0, 0.05) is 60.3 Å². The van der Waals surface area contributed by atoms with E-state index < -0.39 is 41.3 Å². The van der Waals surface area contributed by atoms with E-state index in [0.717, 1.165) is 55.2 Å². The number of hydrogen-bond acceptors (Lipinski definition) is 9. The van der Waals surface area contributed by atoms with E-state index in [-0.39, 0.29) is 48.9 Å². The third-order valence-electron chi connectivity index (χ3n) is 14.9. The van der Waals surface area contributed by atoms with Gasteiger partial charge in [-0.05, 0) is 118 Å². The maximum atomic E-state index is 15.1. The topological polar surface area (TPSA) is 122 Å². The first-order chi connectivity index (χ1) is 32.0. The smallest absolute Gasteiger partial charge is 0.339 e. The fourth-order valence-corrected chi connectivity index (χ4v) is 11.3. The van der Waals surface area contributed by atoms with Gasteiger partial charge in [0.05, 0.1) is 12.2 Å². The number of allylic oxidation sites excluding steroid dienone is 3. The Balaban J connectivity index is 1.15. The summed E-state index contributed by atoms with van der Waals surface area (Å²) in [5.74, 6) is -1.00. The number of methoxy groups -OCH3 is 1.